The van der Waals surface area contributed by atoms with Gasteiger partial charge in [0.25, 0.3) is 20.2 Å². The summed E-state index contributed by atoms with van der Waals surface area (Å²) in [6.07, 6.45) is 0.00514. The molecule has 6 N–H and O–H groups in total. The van der Waals surface area contributed by atoms with Gasteiger partial charge in [-0.1, -0.05) is 0 Å². The fourth-order valence-electron chi connectivity index (χ4n) is 7.04. The van der Waals surface area contributed by atoms with E-state index in [2.05, 4.69) is 51.5 Å². The van der Waals surface area contributed by atoms with E-state index in [4.69, 9.17) is 28.1 Å². The molecule has 0 bridgehead atoms. The molecule has 25 nitrogen and oxygen atoms in total. The second-order valence-corrected chi connectivity index (χ2v) is 20.1. The summed E-state index contributed by atoms with van der Waals surface area (Å²) in [6.45, 7) is 6.96. The molecule has 408 valence electrons. The molecular formula is C51H52N10O15S2. The zero-order valence-corrected chi connectivity index (χ0v) is 44.3. The molecule has 0 fully saturated rings. The standard InChI is InChI=1S/C51H52N10O15S2/c1-29-21-33(9-13-39(29)56-58-41-15-11-35(25-37(41)49(62)63)75-17-7-19-77(67,68)69)54-60-43-27-47(73-5)45(23-31(43)3)52-51(66)53-46-24-32(4)44(28-48(46)74-6)61-55-34-10-14-40(30(2)22-34)57-59-42-16-12-36(26-38(42)50(64)65)76-18-8-20-78(70,71)72/h9-16,21-28H,7-8,17-20H2,1-6H3,(H,62,63)(H,64,65)(H2,52,53,66)(H,67,68,69)(H,70,71,72)/b58-56+,59-57?,60-54?,61-55?. The Morgan fingerprint density at radius 2 is 0.808 bits per heavy atom. The molecule has 0 saturated carbocycles. The third-order valence-corrected chi connectivity index (χ3v) is 12.6. The van der Waals surface area contributed by atoms with Crippen molar-refractivity contribution in [3.8, 4) is 23.0 Å². The van der Waals surface area contributed by atoms with Gasteiger partial charge in [0.2, 0.25) is 0 Å². The fraction of sp³-hybridized carbons (Fsp3) is 0.235. The van der Waals surface area contributed by atoms with Gasteiger partial charge in [0.05, 0.1) is 95.6 Å². The normalized spacial score (nSPS) is 11.9. The maximum Gasteiger partial charge on any atom is 0.338 e. The molecule has 6 rings (SSSR count). The first-order valence-corrected chi connectivity index (χ1v) is 26.4. The van der Waals surface area contributed by atoms with E-state index in [1.807, 2.05) is 0 Å². The first-order valence-electron chi connectivity index (χ1n) is 23.2. The van der Waals surface area contributed by atoms with Crippen LogP contribution >= 0.6 is 0 Å². The van der Waals surface area contributed by atoms with Crippen LogP contribution in [0.3, 0.4) is 0 Å². The molecule has 6 aromatic rings. The van der Waals surface area contributed by atoms with Crippen LogP contribution in [0.2, 0.25) is 0 Å². The number of hydrogen-bond acceptors (Lipinski definition) is 19. The second-order valence-electron chi connectivity index (χ2n) is 16.9. The molecule has 78 heavy (non-hydrogen) atoms. The molecule has 0 aliphatic carbocycles. The molecule has 6 aromatic carbocycles. The van der Waals surface area contributed by atoms with Crippen molar-refractivity contribution in [2.24, 2.45) is 40.9 Å². The Hall–Kier alpha value is -9.05. The van der Waals surface area contributed by atoms with Gasteiger partial charge in [0, 0.05) is 12.1 Å². The Kier molecular flexibility index (Phi) is 19.5. The van der Waals surface area contributed by atoms with Crippen molar-refractivity contribution in [3.05, 3.63) is 130 Å². The zero-order chi connectivity index (χ0) is 56.7. The monoisotopic (exact) mass is 1110 g/mol. The van der Waals surface area contributed by atoms with Gasteiger partial charge in [-0.15, -0.1) is 10.2 Å². The summed E-state index contributed by atoms with van der Waals surface area (Å²) in [6, 6.07) is 24.2. The molecule has 0 aliphatic rings. The van der Waals surface area contributed by atoms with Gasteiger partial charge in [-0.3, -0.25) is 9.11 Å². The van der Waals surface area contributed by atoms with Crippen LogP contribution in [0, 0.1) is 27.7 Å². The van der Waals surface area contributed by atoms with Gasteiger partial charge in [-0.05, 0) is 148 Å². The van der Waals surface area contributed by atoms with Crippen LogP contribution in [0.25, 0.3) is 0 Å². The van der Waals surface area contributed by atoms with E-state index in [-0.39, 0.29) is 60.1 Å². The molecular weight excluding hydrogens is 1060 g/mol. The van der Waals surface area contributed by atoms with Crippen molar-refractivity contribution in [3.63, 3.8) is 0 Å². The lowest BCUT2D eigenvalue weighted by Crippen LogP contribution is -2.20. The number of nitrogens with one attached hydrogen (secondary N) is 2. The summed E-state index contributed by atoms with van der Waals surface area (Å²) in [5.41, 5.74) is 5.71. The third-order valence-electron chi connectivity index (χ3n) is 11.0. The number of ether oxygens (including phenoxy) is 4. The fourth-order valence-corrected chi connectivity index (χ4v) is 8.00. The average Bonchev–Trinajstić information content (AvgIpc) is 3.39. The van der Waals surface area contributed by atoms with E-state index in [0.717, 1.165) is 0 Å². The van der Waals surface area contributed by atoms with Gasteiger partial charge < -0.3 is 39.8 Å². The van der Waals surface area contributed by atoms with Crippen LogP contribution < -0.4 is 29.6 Å². The predicted molar refractivity (Wildman–Crippen MR) is 287 cm³/mol. The Balaban J connectivity index is 1.07. The van der Waals surface area contributed by atoms with E-state index in [9.17, 15) is 41.4 Å². The van der Waals surface area contributed by atoms with E-state index < -0.39 is 49.7 Å². The Labute approximate surface area is 447 Å². The number of carboxylic acid groups (broad SMARTS) is 2. The number of aromatic carboxylic acids is 2. The van der Waals surface area contributed by atoms with E-state index in [0.29, 0.717) is 79.3 Å². The molecule has 27 heteroatoms. The maximum atomic E-state index is 13.4. The highest BCUT2D eigenvalue weighted by Crippen LogP contribution is 2.38. The van der Waals surface area contributed by atoms with Crippen LogP contribution in [-0.4, -0.2) is 93.1 Å². The molecule has 0 radical (unpaired) electrons. The lowest BCUT2D eigenvalue weighted by Gasteiger charge is -2.15. The van der Waals surface area contributed by atoms with Crippen molar-refractivity contribution >= 4 is 95.1 Å². The Morgan fingerprint density at radius 1 is 0.462 bits per heavy atom. The van der Waals surface area contributed by atoms with Crippen LogP contribution in [0.4, 0.5) is 61.7 Å². The summed E-state index contributed by atoms with van der Waals surface area (Å²) in [5.74, 6) is -2.63. The number of amides is 2. The molecule has 0 aromatic heterocycles. The summed E-state index contributed by atoms with van der Waals surface area (Å²) in [5, 5.41) is 59.4. The van der Waals surface area contributed by atoms with Crippen LogP contribution in [0.15, 0.2) is 138 Å². The zero-order valence-electron chi connectivity index (χ0n) is 42.7. The number of carbonyl (C=O) groups is 3. The van der Waals surface area contributed by atoms with Crippen LogP contribution in [0.5, 0.6) is 23.0 Å². The predicted octanol–water partition coefficient (Wildman–Crippen LogP) is 13.0. The topological polar surface area (TPSA) is 360 Å². The average molecular weight is 1110 g/mol. The molecule has 0 saturated heterocycles. The van der Waals surface area contributed by atoms with Crippen molar-refractivity contribution in [1.82, 2.24) is 0 Å². The number of aryl methyl sites for hydroxylation is 4. The number of methoxy groups -OCH3 is 2. The molecule has 0 spiro atoms. The van der Waals surface area contributed by atoms with Crippen molar-refractivity contribution in [2.45, 2.75) is 40.5 Å². The maximum absolute atomic E-state index is 13.4. The summed E-state index contributed by atoms with van der Waals surface area (Å²) in [7, 11) is -5.43. The number of carboxylic acids is 2. The minimum absolute atomic E-state index is 0.00257. The van der Waals surface area contributed by atoms with E-state index in [1.54, 1.807) is 88.4 Å². The third kappa shape index (κ3) is 17.0. The smallest absolute Gasteiger partial charge is 0.338 e. The lowest BCUT2D eigenvalue weighted by atomic mass is 10.1. The number of azo groups is 4. The van der Waals surface area contributed by atoms with Crippen molar-refractivity contribution in [1.29, 1.82) is 0 Å². The van der Waals surface area contributed by atoms with E-state index in [1.165, 1.54) is 50.6 Å². The molecule has 0 heterocycles. The lowest BCUT2D eigenvalue weighted by molar-refractivity contribution is 0.0686. The van der Waals surface area contributed by atoms with Crippen LogP contribution in [0.1, 0.15) is 55.8 Å². The van der Waals surface area contributed by atoms with Crippen LogP contribution in [-0.2, 0) is 20.2 Å². The minimum Gasteiger partial charge on any atom is -0.494 e. The number of carbonyl (C=O) groups excluding carboxylic acids is 1. The number of urea groups is 1. The molecule has 0 atom stereocenters. The van der Waals surface area contributed by atoms with Crippen molar-refractivity contribution in [2.75, 3.05) is 49.6 Å². The second kappa shape index (κ2) is 26.1. The quantitative estimate of drug-likeness (QED) is 0.0186. The highest BCUT2D eigenvalue weighted by atomic mass is 32.2. The minimum atomic E-state index is -4.15. The SMILES string of the molecule is COc1cc(N=Nc2ccc(N=Nc3ccc(OCCCS(=O)(=O)O)cc3C(=O)O)c(C)c2)c(C)cc1NC(=O)Nc1cc(C)c(N=Nc2ccc(/N=N/c3ccc(OCCCS(=O)(=O)O)cc3C(=O)O)c(C)c2)cc1OC. The number of nitrogens with zero attached hydrogens (tertiary/aromatic N) is 8. The number of rotatable bonds is 24. The molecule has 2 amide bonds. The number of anilines is 2. The van der Waals surface area contributed by atoms with Gasteiger partial charge in [-0.2, -0.15) is 47.5 Å². The number of hydrogen-bond donors (Lipinski definition) is 6. The first kappa shape index (κ1) is 58.2. The highest BCUT2D eigenvalue weighted by molar-refractivity contribution is 7.86. The number of benzene rings is 6. The Bertz CT molecular complexity index is 3380. The summed E-state index contributed by atoms with van der Waals surface area (Å²) in [4.78, 5) is 37.4. The van der Waals surface area contributed by atoms with Crippen molar-refractivity contribution < 1.29 is 69.5 Å². The van der Waals surface area contributed by atoms with Gasteiger partial charge in [0.15, 0.2) is 0 Å². The van der Waals surface area contributed by atoms with Gasteiger partial charge >= 0.3 is 18.0 Å². The first-order chi connectivity index (χ1) is 37.0. The van der Waals surface area contributed by atoms with E-state index >= 15 is 0 Å². The van der Waals surface area contributed by atoms with Gasteiger partial charge in [0.1, 0.15) is 34.4 Å². The molecule has 0 aliphatic heterocycles. The highest BCUT2D eigenvalue weighted by Gasteiger charge is 2.18. The summed E-state index contributed by atoms with van der Waals surface area (Å²) < 4.78 is 83.6. The summed E-state index contributed by atoms with van der Waals surface area (Å²) >= 11 is 0. The molecule has 0 unspecified atom stereocenters. The van der Waals surface area contributed by atoms with Gasteiger partial charge in [-0.25, -0.2) is 14.4 Å². The Morgan fingerprint density at radius 3 is 1.15 bits per heavy atom. The largest absolute Gasteiger partial charge is 0.494 e.